The van der Waals surface area contributed by atoms with Crippen LogP contribution >= 0.6 is 35.6 Å². The second-order valence-corrected chi connectivity index (χ2v) is 7.84. The molecule has 146 valence electrons. The molecule has 1 amide bonds. The SMILES string of the molecule is COc1cccc(/C=C2/SC(=S)NC2=O)c1OCCCOc1ccccc1Cl. The third kappa shape index (κ3) is 5.19. The molecule has 1 N–H and O–H groups in total. The molecule has 2 aromatic carbocycles. The maximum absolute atomic E-state index is 11.9. The fourth-order valence-corrected chi connectivity index (χ4v) is 3.73. The number of rotatable bonds is 8. The van der Waals surface area contributed by atoms with E-state index in [4.69, 9.17) is 38.0 Å². The van der Waals surface area contributed by atoms with Gasteiger partial charge in [-0.3, -0.25) is 4.79 Å². The number of methoxy groups -OCH3 is 1. The summed E-state index contributed by atoms with van der Waals surface area (Å²) in [6.07, 6.45) is 2.40. The number of thiocarbonyl (C=S) groups is 1. The van der Waals surface area contributed by atoms with Crippen molar-refractivity contribution in [3.05, 3.63) is 58.0 Å². The number of hydrogen-bond acceptors (Lipinski definition) is 6. The van der Waals surface area contributed by atoms with E-state index in [2.05, 4.69) is 5.32 Å². The van der Waals surface area contributed by atoms with E-state index >= 15 is 0 Å². The lowest BCUT2D eigenvalue weighted by Gasteiger charge is -2.14. The number of hydrogen-bond donors (Lipinski definition) is 1. The molecule has 1 aliphatic heterocycles. The summed E-state index contributed by atoms with van der Waals surface area (Å²) >= 11 is 12.3. The number of halogens is 1. The van der Waals surface area contributed by atoms with Crippen LogP contribution in [0.3, 0.4) is 0 Å². The summed E-state index contributed by atoms with van der Waals surface area (Å²) in [7, 11) is 1.58. The van der Waals surface area contributed by atoms with Crippen molar-refractivity contribution in [2.75, 3.05) is 20.3 Å². The third-order valence-corrected chi connectivity index (χ3v) is 5.26. The molecule has 1 heterocycles. The molecule has 1 aliphatic rings. The second kappa shape index (κ2) is 9.82. The molecule has 8 heteroatoms. The zero-order valence-electron chi connectivity index (χ0n) is 15.1. The van der Waals surface area contributed by atoms with Crippen LogP contribution in [0.5, 0.6) is 17.2 Å². The number of nitrogens with one attached hydrogen (secondary N) is 1. The Kier molecular flexibility index (Phi) is 7.19. The van der Waals surface area contributed by atoms with Crippen LogP contribution in [-0.4, -0.2) is 30.6 Å². The predicted octanol–water partition coefficient (Wildman–Crippen LogP) is 4.69. The fraction of sp³-hybridized carbons (Fsp3) is 0.200. The van der Waals surface area contributed by atoms with Gasteiger partial charge in [-0.2, -0.15) is 0 Å². The van der Waals surface area contributed by atoms with Gasteiger partial charge in [0.1, 0.15) is 10.1 Å². The molecule has 1 fully saturated rings. The van der Waals surface area contributed by atoms with Gasteiger partial charge < -0.3 is 19.5 Å². The smallest absolute Gasteiger partial charge is 0.263 e. The summed E-state index contributed by atoms with van der Waals surface area (Å²) in [5, 5.41) is 3.18. The van der Waals surface area contributed by atoms with Gasteiger partial charge in [0.05, 0.1) is 30.3 Å². The molecule has 1 saturated heterocycles. The van der Waals surface area contributed by atoms with Crippen molar-refractivity contribution in [3.63, 3.8) is 0 Å². The molecule has 0 radical (unpaired) electrons. The van der Waals surface area contributed by atoms with E-state index < -0.39 is 0 Å². The molecule has 28 heavy (non-hydrogen) atoms. The number of para-hydroxylation sites is 2. The average Bonchev–Trinajstić information content (AvgIpc) is 3.00. The van der Waals surface area contributed by atoms with Crippen molar-refractivity contribution < 1.29 is 19.0 Å². The summed E-state index contributed by atoms with van der Waals surface area (Å²) in [4.78, 5) is 12.4. The van der Waals surface area contributed by atoms with Gasteiger partial charge in [0.2, 0.25) is 0 Å². The van der Waals surface area contributed by atoms with E-state index in [0.717, 1.165) is 5.56 Å². The minimum absolute atomic E-state index is 0.211. The molecule has 3 rings (SSSR count). The Balaban J connectivity index is 1.64. The lowest BCUT2D eigenvalue weighted by molar-refractivity contribution is -0.115. The minimum atomic E-state index is -0.211. The van der Waals surface area contributed by atoms with Crippen LogP contribution < -0.4 is 19.5 Å². The average molecular weight is 436 g/mol. The summed E-state index contributed by atoms with van der Waals surface area (Å²) in [6.45, 7) is 0.876. The van der Waals surface area contributed by atoms with Crippen LogP contribution in [0.4, 0.5) is 0 Å². The Morgan fingerprint density at radius 2 is 1.86 bits per heavy atom. The lowest BCUT2D eigenvalue weighted by Crippen LogP contribution is -2.17. The topological polar surface area (TPSA) is 56.8 Å². The maximum atomic E-state index is 11.9. The van der Waals surface area contributed by atoms with E-state index in [0.29, 0.717) is 51.1 Å². The maximum Gasteiger partial charge on any atom is 0.263 e. The van der Waals surface area contributed by atoms with Crippen molar-refractivity contribution in [2.45, 2.75) is 6.42 Å². The molecule has 0 aliphatic carbocycles. The van der Waals surface area contributed by atoms with Crippen molar-refractivity contribution in [3.8, 4) is 17.2 Å². The summed E-state index contributed by atoms with van der Waals surface area (Å²) < 4.78 is 17.5. The standard InChI is InChI=1S/C20H18ClNO4S2/c1-24-16-9-4-6-13(12-17-19(23)22-20(27)28-17)18(16)26-11-5-10-25-15-8-3-2-7-14(15)21/h2-4,6-9,12H,5,10-11H2,1H3,(H,22,23,27)/b17-12+. The molecule has 2 aromatic rings. The first-order valence-corrected chi connectivity index (χ1v) is 10.1. The van der Waals surface area contributed by atoms with Gasteiger partial charge in [0, 0.05) is 12.0 Å². The summed E-state index contributed by atoms with van der Waals surface area (Å²) in [5.41, 5.74) is 0.744. The zero-order chi connectivity index (χ0) is 19.9. The molecule has 0 atom stereocenters. The fourth-order valence-electron chi connectivity index (χ4n) is 2.50. The first-order valence-electron chi connectivity index (χ1n) is 8.50. The molecule has 0 spiro atoms. The van der Waals surface area contributed by atoms with Gasteiger partial charge >= 0.3 is 0 Å². The number of carbonyl (C=O) groups is 1. The molecular formula is C20H18ClNO4S2. The van der Waals surface area contributed by atoms with E-state index in [-0.39, 0.29) is 5.91 Å². The van der Waals surface area contributed by atoms with Crippen molar-refractivity contribution >= 4 is 51.9 Å². The highest BCUT2D eigenvalue weighted by atomic mass is 35.5. The largest absolute Gasteiger partial charge is 0.493 e. The molecule has 0 aromatic heterocycles. The first-order chi connectivity index (χ1) is 13.6. The van der Waals surface area contributed by atoms with Crippen molar-refractivity contribution in [1.82, 2.24) is 5.32 Å². The van der Waals surface area contributed by atoms with Crippen LogP contribution in [0, 0.1) is 0 Å². The number of thioether (sulfide) groups is 1. The monoisotopic (exact) mass is 435 g/mol. The normalized spacial score (nSPS) is 14.9. The van der Waals surface area contributed by atoms with Crippen molar-refractivity contribution in [1.29, 1.82) is 0 Å². The van der Waals surface area contributed by atoms with E-state index in [1.807, 2.05) is 36.4 Å². The number of carbonyl (C=O) groups excluding carboxylic acids is 1. The van der Waals surface area contributed by atoms with Gasteiger partial charge in [0.25, 0.3) is 5.91 Å². The molecule has 0 saturated carbocycles. The van der Waals surface area contributed by atoms with Crippen LogP contribution in [-0.2, 0) is 4.79 Å². The van der Waals surface area contributed by atoms with Crippen LogP contribution in [0.15, 0.2) is 47.4 Å². The van der Waals surface area contributed by atoms with Crippen molar-refractivity contribution in [2.24, 2.45) is 0 Å². The Bertz CT molecular complexity index is 917. The van der Waals surface area contributed by atoms with E-state index in [1.165, 1.54) is 11.8 Å². The van der Waals surface area contributed by atoms with Crippen LogP contribution in [0.1, 0.15) is 12.0 Å². The molecule has 0 unspecified atom stereocenters. The number of amides is 1. The minimum Gasteiger partial charge on any atom is -0.493 e. The molecule has 0 bridgehead atoms. The highest BCUT2D eigenvalue weighted by Crippen LogP contribution is 2.35. The zero-order valence-corrected chi connectivity index (χ0v) is 17.5. The molecular weight excluding hydrogens is 418 g/mol. The van der Waals surface area contributed by atoms with E-state index in [1.54, 1.807) is 19.3 Å². The Labute approximate surface area is 178 Å². The van der Waals surface area contributed by atoms with Crippen LogP contribution in [0.25, 0.3) is 6.08 Å². The van der Waals surface area contributed by atoms with Crippen LogP contribution in [0.2, 0.25) is 5.02 Å². The lowest BCUT2D eigenvalue weighted by atomic mass is 10.1. The van der Waals surface area contributed by atoms with Gasteiger partial charge in [-0.15, -0.1) is 0 Å². The van der Waals surface area contributed by atoms with Gasteiger partial charge in [-0.1, -0.05) is 59.8 Å². The van der Waals surface area contributed by atoms with Gasteiger partial charge in [0.15, 0.2) is 11.5 Å². The Hall–Kier alpha value is -2.22. The first kappa shape index (κ1) is 20.5. The summed E-state index contributed by atoms with van der Waals surface area (Å²) in [6, 6.07) is 12.8. The van der Waals surface area contributed by atoms with Gasteiger partial charge in [-0.05, 0) is 24.3 Å². The number of benzene rings is 2. The highest BCUT2D eigenvalue weighted by Gasteiger charge is 2.23. The quantitative estimate of drug-likeness (QED) is 0.369. The van der Waals surface area contributed by atoms with E-state index in [9.17, 15) is 4.79 Å². The third-order valence-electron chi connectivity index (χ3n) is 3.79. The Morgan fingerprint density at radius 1 is 1.11 bits per heavy atom. The summed E-state index contributed by atoms with van der Waals surface area (Å²) in [5.74, 6) is 1.60. The molecule has 5 nitrogen and oxygen atoms in total. The van der Waals surface area contributed by atoms with Gasteiger partial charge in [-0.25, -0.2) is 0 Å². The Morgan fingerprint density at radius 3 is 2.57 bits per heavy atom. The second-order valence-electron chi connectivity index (χ2n) is 5.71. The number of ether oxygens (including phenoxy) is 3. The predicted molar refractivity (Wildman–Crippen MR) is 116 cm³/mol. The highest BCUT2D eigenvalue weighted by molar-refractivity contribution is 8.26.